The predicted molar refractivity (Wildman–Crippen MR) is 80.4 cm³/mol. The summed E-state index contributed by atoms with van der Waals surface area (Å²) in [6.45, 7) is 4.32. The van der Waals surface area contributed by atoms with Crippen LogP contribution in [-0.2, 0) is 0 Å². The Morgan fingerprint density at radius 1 is 1.11 bits per heavy atom. The van der Waals surface area contributed by atoms with Crippen LogP contribution in [0.2, 0.25) is 0 Å². The first kappa shape index (κ1) is 12.8. The van der Waals surface area contributed by atoms with Crippen LogP contribution >= 0.6 is 0 Å². The first-order chi connectivity index (χ1) is 9.36. The molecule has 0 amide bonds. The Labute approximate surface area is 116 Å². The maximum atomic E-state index is 4.31. The molecule has 0 spiro atoms. The van der Waals surface area contributed by atoms with E-state index in [2.05, 4.69) is 28.6 Å². The van der Waals surface area contributed by atoms with Crippen molar-refractivity contribution in [1.82, 2.24) is 4.98 Å². The van der Waals surface area contributed by atoms with Crippen molar-refractivity contribution in [1.29, 1.82) is 0 Å². The van der Waals surface area contributed by atoms with E-state index in [0.29, 0.717) is 0 Å². The van der Waals surface area contributed by atoms with Crippen molar-refractivity contribution in [2.75, 3.05) is 23.7 Å². The Morgan fingerprint density at radius 2 is 1.74 bits per heavy atom. The van der Waals surface area contributed by atoms with Gasteiger partial charge in [0.25, 0.3) is 0 Å². The van der Waals surface area contributed by atoms with Crippen LogP contribution in [0.25, 0.3) is 0 Å². The van der Waals surface area contributed by atoms with E-state index >= 15 is 0 Å². The smallest absolute Gasteiger partial charge is 0.0547 e. The van der Waals surface area contributed by atoms with Gasteiger partial charge >= 0.3 is 0 Å². The van der Waals surface area contributed by atoms with E-state index in [-0.39, 0.29) is 0 Å². The number of rotatable bonds is 8. The lowest BCUT2D eigenvalue weighted by molar-refractivity contribution is 0.428. The number of nitrogens with zero attached hydrogens (tertiary/aromatic N) is 1. The zero-order valence-corrected chi connectivity index (χ0v) is 11.9. The third kappa shape index (κ3) is 3.62. The molecule has 1 aromatic rings. The van der Waals surface area contributed by atoms with Crippen molar-refractivity contribution in [3.8, 4) is 0 Å². The first-order valence-electron chi connectivity index (χ1n) is 7.79. The van der Waals surface area contributed by atoms with Crippen molar-refractivity contribution in [3.05, 3.63) is 18.5 Å². The van der Waals surface area contributed by atoms with Crippen molar-refractivity contribution in [2.45, 2.75) is 39.0 Å². The molecule has 19 heavy (non-hydrogen) atoms. The second-order valence-electron chi connectivity index (χ2n) is 6.11. The average molecular weight is 259 g/mol. The molecule has 0 unspecified atom stereocenters. The lowest BCUT2D eigenvalue weighted by atomic mass is 9.98. The van der Waals surface area contributed by atoms with Gasteiger partial charge in [-0.25, -0.2) is 0 Å². The summed E-state index contributed by atoms with van der Waals surface area (Å²) in [5, 5.41) is 6.99. The molecule has 2 aliphatic carbocycles. The molecular weight excluding hydrogens is 234 g/mol. The number of hydrogen-bond acceptors (Lipinski definition) is 3. The molecule has 0 aromatic carbocycles. The Kier molecular flexibility index (Phi) is 3.90. The second kappa shape index (κ2) is 5.81. The molecular formula is C16H25N3. The molecule has 3 nitrogen and oxygen atoms in total. The SMILES string of the molecule is CCCNc1cncc(NCC(C2CC2)C2CC2)c1. The topological polar surface area (TPSA) is 37.0 Å². The molecule has 0 atom stereocenters. The molecule has 2 saturated carbocycles. The fourth-order valence-electron chi connectivity index (χ4n) is 2.91. The third-order valence-electron chi connectivity index (χ3n) is 4.31. The largest absolute Gasteiger partial charge is 0.384 e. The lowest BCUT2D eigenvalue weighted by Crippen LogP contribution is -2.18. The maximum absolute atomic E-state index is 4.31. The molecule has 2 aliphatic rings. The summed E-state index contributed by atoms with van der Waals surface area (Å²) < 4.78 is 0. The van der Waals surface area contributed by atoms with E-state index in [1.165, 1.54) is 25.7 Å². The molecule has 3 rings (SSSR count). The monoisotopic (exact) mass is 259 g/mol. The van der Waals surface area contributed by atoms with Gasteiger partial charge in [-0.3, -0.25) is 4.98 Å². The van der Waals surface area contributed by atoms with E-state index in [1.807, 2.05) is 12.4 Å². The van der Waals surface area contributed by atoms with Crippen LogP contribution in [0.3, 0.4) is 0 Å². The highest BCUT2D eigenvalue weighted by molar-refractivity contribution is 5.53. The predicted octanol–water partition coefficient (Wildman–Crippen LogP) is 3.75. The summed E-state index contributed by atoms with van der Waals surface area (Å²) in [5.74, 6) is 2.93. The normalized spacial score (nSPS) is 18.6. The standard InChI is InChI=1S/C16H25N3/c1-2-7-18-14-8-15(10-17-9-14)19-11-16(12-3-4-12)13-5-6-13/h8-10,12-13,16,18-19H,2-7,11H2,1H3. The van der Waals surface area contributed by atoms with Crippen LogP contribution in [0.4, 0.5) is 11.4 Å². The molecule has 2 fully saturated rings. The van der Waals surface area contributed by atoms with Gasteiger partial charge in [-0.15, -0.1) is 0 Å². The summed E-state index contributed by atoms with van der Waals surface area (Å²) in [6.07, 6.45) is 10.8. The summed E-state index contributed by atoms with van der Waals surface area (Å²) in [6, 6.07) is 2.18. The van der Waals surface area contributed by atoms with E-state index in [1.54, 1.807) is 0 Å². The van der Waals surface area contributed by atoms with Gasteiger partial charge in [-0.05, 0) is 55.9 Å². The maximum Gasteiger partial charge on any atom is 0.0547 e. The van der Waals surface area contributed by atoms with Gasteiger partial charge in [-0.2, -0.15) is 0 Å². The van der Waals surface area contributed by atoms with Crippen LogP contribution in [0.5, 0.6) is 0 Å². The molecule has 1 heterocycles. The number of aromatic nitrogens is 1. The zero-order chi connectivity index (χ0) is 13.1. The summed E-state index contributed by atoms with van der Waals surface area (Å²) in [4.78, 5) is 4.31. The van der Waals surface area contributed by atoms with E-state index < -0.39 is 0 Å². The Morgan fingerprint density at radius 3 is 2.32 bits per heavy atom. The van der Waals surface area contributed by atoms with E-state index in [0.717, 1.165) is 48.6 Å². The van der Waals surface area contributed by atoms with Gasteiger partial charge in [-0.1, -0.05) is 6.92 Å². The lowest BCUT2D eigenvalue weighted by Gasteiger charge is -2.17. The minimum absolute atomic E-state index is 0.909. The Hall–Kier alpha value is -1.25. The van der Waals surface area contributed by atoms with E-state index in [4.69, 9.17) is 0 Å². The average Bonchev–Trinajstić information content (AvgIpc) is 3.29. The molecule has 0 saturated heterocycles. The van der Waals surface area contributed by atoms with Gasteiger partial charge in [0.05, 0.1) is 23.8 Å². The van der Waals surface area contributed by atoms with Crippen LogP contribution in [-0.4, -0.2) is 18.1 Å². The van der Waals surface area contributed by atoms with Crippen LogP contribution < -0.4 is 10.6 Å². The fourth-order valence-corrected chi connectivity index (χ4v) is 2.91. The minimum Gasteiger partial charge on any atom is -0.384 e. The van der Waals surface area contributed by atoms with Gasteiger partial charge in [0.15, 0.2) is 0 Å². The van der Waals surface area contributed by atoms with Crippen molar-refractivity contribution in [3.63, 3.8) is 0 Å². The van der Waals surface area contributed by atoms with Gasteiger partial charge in [0.2, 0.25) is 0 Å². The van der Waals surface area contributed by atoms with Crippen molar-refractivity contribution in [2.24, 2.45) is 17.8 Å². The van der Waals surface area contributed by atoms with Crippen molar-refractivity contribution >= 4 is 11.4 Å². The molecule has 0 radical (unpaired) electrons. The molecule has 2 N–H and O–H groups in total. The molecule has 0 aliphatic heterocycles. The highest BCUT2D eigenvalue weighted by Crippen LogP contribution is 2.49. The van der Waals surface area contributed by atoms with Crippen molar-refractivity contribution < 1.29 is 0 Å². The first-order valence-corrected chi connectivity index (χ1v) is 7.79. The number of pyridine rings is 1. The molecule has 0 bridgehead atoms. The minimum atomic E-state index is 0.909. The summed E-state index contributed by atoms with van der Waals surface area (Å²) in [7, 11) is 0. The Bertz CT molecular complexity index is 398. The quantitative estimate of drug-likeness (QED) is 0.746. The summed E-state index contributed by atoms with van der Waals surface area (Å²) in [5.41, 5.74) is 2.29. The van der Waals surface area contributed by atoms with Crippen LogP contribution in [0, 0.1) is 17.8 Å². The number of anilines is 2. The van der Waals surface area contributed by atoms with Gasteiger partial charge in [0.1, 0.15) is 0 Å². The van der Waals surface area contributed by atoms with Crippen LogP contribution in [0.15, 0.2) is 18.5 Å². The highest BCUT2D eigenvalue weighted by Gasteiger charge is 2.40. The van der Waals surface area contributed by atoms with E-state index in [9.17, 15) is 0 Å². The van der Waals surface area contributed by atoms with Crippen LogP contribution in [0.1, 0.15) is 39.0 Å². The molecule has 104 valence electrons. The highest BCUT2D eigenvalue weighted by atomic mass is 14.9. The Balaban J connectivity index is 1.53. The molecule has 1 aromatic heterocycles. The number of nitrogens with one attached hydrogen (secondary N) is 2. The second-order valence-corrected chi connectivity index (χ2v) is 6.11. The zero-order valence-electron chi connectivity index (χ0n) is 11.9. The summed E-state index contributed by atoms with van der Waals surface area (Å²) >= 11 is 0. The number of hydrogen-bond donors (Lipinski definition) is 2. The third-order valence-corrected chi connectivity index (χ3v) is 4.31. The van der Waals surface area contributed by atoms with Gasteiger partial charge < -0.3 is 10.6 Å². The fraction of sp³-hybridized carbons (Fsp3) is 0.688. The van der Waals surface area contributed by atoms with Gasteiger partial charge in [0, 0.05) is 13.1 Å². The molecule has 3 heteroatoms.